The third-order valence-electron chi connectivity index (χ3n) is 6.02. The van der Waals surface area contributed by atoms with Gasteiger partial charge in [-0.2, -0.15) is 0 Å². The number of nitrogens with zero attached hydrogens (tertiary/aromatic N) is 2. The van der Waals surface area contributed by atoms with Crippen molar-refractivity contribution in [1.82, 2.24) is 10.2 Å². The Balaban J connectivity index is 1.52. The van der Waals surface area contributed by atoms with Crippen LogP contribution in [0.2, 0.25) is 5.02 Å². The topological polar surface area (TPSA) is 81.8 Å². The van der Waals surface area contributed by atoms with Crippen molar-refractivity contribution in [2.45, 2.75) is 33.2 Å². The minimum atomic E-state index is -0.629. The van der Waals surface area contributed by atoms with Crippen LogP contribution < -0.4 is 15.5 Å². The van der Waals surface area contributed by atoms with Crippen molar-refractivity contribution in [3.63, 3.8) is 0 Å². The summed E-state index contributed by atoms with van der Waals surface area (Å²) in [5.74, 6) is -1.03. The van der Waals surface area contributed by atoms with Crippen LogP contribution in [0.3, 0.4) is 0 Å². The number of imide groups is 1. The lowest BCUT2D eigenvalue weighted by atomic mass is 9.88. The van der Waals surface area contributed by atoms with Crippen LogP contribution in [0, 0.1) is 0 Å². The van der Waals surface area contributed by atoms with Crippen molar-refractivity contribution in [3.8, 4) is 0 Å². The van der Waals surface area contributed by atoms with Crippen molar-refractivity contribution in [2.75, 3.05) is 23.3 Å². The number of fused-ring (bicyclic) bond motifs is 1. The van der Waals surface area contributed by atoms with Crippen LogP contribution in [0.25, 0.3) is 11.6 Å². The minimum Gasteiger partial charge on any atom is -0.363 e. The Hall–Kier alpha value is -3.58. The Bertz CT molecular complexity index is 1230. The van der Waals surface area contributed by atoms with Crippen LogP contribution in [-0.2, 0) is 9.59 Å². The number of nitrogens with one attached hydrogen (secondary N) is 2. The van der Waals surface area contributed by atoms with E-state index in [9.17, 15) is 14.4 Å². The van der Waals surface area contributed by atoms with E-state index in [-0.39, 0.29) is 11.2 Å². The number of likely N-dealkylation sites (N-methyl/N-ethyl adjacent to an activating group) is 1. The number of rotatable bonds is 5. The summed E-state index contributed by atoms with van der Waals surface area (Å²) in [6.45, 7) is 9.05. The molecule has 0 spiro atoms. The summed E-state index contributed by atoms with van der Waals surface area (Å²) in [4.78, 5) is 40.8. The number of benzene rings is 2. The van der Waals surface area contributed by atoms with Gasteiger partial charge in [0.25, 0.3) is 5.91 Å². The average Bonchev–Trinajstić information content (AvgIpc) is 3.02. The van der Waals surface area contributed by atoms with E-state index in [1.807, 2.05) is 18.2 Å². The van der Waals surface area contributed by atoms with Crippen molar-refractivity contribution in [3.05, 3.63) is 70.4 Å². The zero-order valence-corrected chi connectivity index (χ0v) is 20.4. The highest BCUT2D eigenvalue weighted by atomic mass is 35.5. The van der Waals surface area contributed by atoms with E-state index in [1.165, 1.54) is 0 Å². The monoisotopic (exact) mass is 478 g/mol. The van der Waals surface area contributed by atoms with Crippen molar-refractivity contribution >= 4 is 52.5 Å². The average molecular weight is 479 g/mol. The molecular formula is C26H27ClN4O3. The quantitative estimate of drug-likeness (QED) is 0.473. The zero-order valence-electron chi connectivity index (χ0n) is 19.6. The molecule has 0 radical (unpaired) electrons. The van der Waals surface area contributed by atoms with E-state index in [4.69, 9.17) is 11.6 Å². The highest BCUT2D eigenvalue weighted by Crippen LogP contribution is 2.39. The van der Waals surface area contributed by atoms with Gasteiger partial charge in [-0.05, 0) is 81.3 Å². The summed E-state index contributed by atoms with van der Waals surface area (Å²) in [6.07, 6.45) is 3.88. The molecule has 0 aromatic heterocycles. The van der Waals surface area contributed by atoms with Crippen LogP contribution in [0.4, 0.5) is 16.2 Å². The molecule has 0 bridgehead atoms. The molecule has 2 N–H and O–H groups in total. The van der Waals surface area contributed by atoms with E-state index >= 15 is 0 Å². The summed E-state index contributed by atoms with van der Waals surface area (Å²) in [5.41, 5.74) is 4.75. The number of hydrogen-bond acceptors (Lipinski definition) is 4. The van der Waals surface area contributed by atoms with Gasteiger partial charge in [0, 0.05) is 28.5 Å². The van der Waals surface area contributed by atoms with E-state index < -0.39 is 24.4 Å². The zero-order chi connectivity index (χ0) is 24.6. The fourth-order valence-corrected chi connectivity index (χ4v) is 4.65. The summed E-state index contributed by atoms with van der Waals surface area (Å²) in [7, 11) is 0. The lowest BCUT2D eigenvalue weighted by Gasteiger charge is -2.42. The first-order valence-corrected chi connectivity index (χ1v) is 11.5. The SMILES string of the molecule is CCN1c2ccc(/C=C3/NC(=O)N(CC(=O)Nc4ccc(Cl)cc4)C3=O)cc2C(C)=CC1(C)C. The third kappa shape index (κ3) is 4.56. The number of amides is 4. The Morgan fingerprint density at radius 1 is 1.15 bits per heavy atom. The predicted octanol–water partition coefficient (Wildman–Crippen LogP) is 4.89. The molecule has 2 aliphatic heterocycles. The second-order valence-electron chi connectivity index (χ2n) is 8.94. The molecule has 0 unspecified atom stereocenters. The van der Waals surface area contributed by atoms with Gasteiger partial charge in [0.15, 0.2) is 0 Å². The first-order chi connectivity index (χ1) is 16.1. The van der Waals surface area contributed by atoms with E-state index in [1.54, 1.807) is 30.3 Å². The van der Waals surface area contributed by atoms with Gasteiger partial charge in [-0.15, -0.1) is 0 Å². The molecule has 4 rings (SSSR count). The molecule has 0 saturated carbocycles. The summed E-state index contributed by atoms with van der Waals surface area (Å²) in [5, 5.41) is 5.78. The normalized spacial score (nSPS) is 18.0. The second-order valence-corrected chi connectivity index (χ2v) is 9.37. The molecular weight excluding hydrogens is 452 g/mol. The molecule has 2 aliphatic rings. The molecule has 8 heteroatoms. The van der Waals surface area contributed by atoms with E-state index in [2.05, 4.69) is 49.3 Å². The van der Waals surface area contributed by atoms with Crippen LogP contribution in [0.1, 0.15) is 38.8 Å². The van der Waals surface area contributed by atoms with Crippen molar-refractivity contribution in [2.24, 2.45) is 0 Å². The van der Waals surface area contributed by atoms with Gasteiger partial charge < -0.3 is 15.5 Å². The lowest BCUT2D eigenvalue weighted by molar-refractivity contribution is -0.127. The molecule has 4 amide bonds. The summed E-state index contributed by atoms with van der Waals surface area (Å²) < 4.78 is 0. The molecule has 1 saturated heterocycles. The van der Waals surface area contributed by atoms with Crippen LogP contribution >= 0.6 is 11.6 Å². The first-order valence-electron chi connectivity index (χ1n) is 11.1. The number of hydrogen-bond donors (Lipinski definition) is 2. The number of halogens is 1. The Labute approximate surface area is 204 Å². The molecule has 34 heavy (non-hydrogen) atoms. The van der Waals surface area contributed by atoms with E-state index in [0.29, 0.717) is 10.7 Å². The Kier molecular flexibility index (Phi) is 6.23. The van der Waals surface area contributed by atoms with Crippen LogP contribution in [-0.4, -0.2) is 41.4 Å². The number of urea groups is 1. The molecule has 2 aromatic carbocycles. The maximum atomic E-state index is 12.8. The maximum absolute atomic E-state index is 12.8. The van der Waals surface area contributed by atoms with Crippen molar-refractivity contribution in [1.29, 1.82) is 0 Å². The third-order valence-corrected chi connectivity index (χ3v) is 6.27. The van der Waals surface area contributed by atoms with Gasteiger partial charge in [0.1, 0.15) is 12.2 Å². The maximum Gasteiger partial charge on any atom is 0.329 e. The molecule has 2 heterocycles. The van der Waals surface area contributed by atoms with Gasteiger partial charge in [0.05, 0.1) is 5.54 Å². The number of allylic oxidation sites excluding steroid dienone is 1. The minimum absolute atomic E-state index is 0.0890. The van der Waals surface area contributed by atoms with E-state index in [0.717, 1.165) is 33.8 Å². The van der Waals surface area contributed by atoms with Gasteiger partial charge in [-0.3, -0.25) is 9.59 Å². The standard InChI is InChI=1S/C26H27ClN4O3/c1-5-31-22-11-6-17(12-20(22)16(2)14-26(31,3)4)13-21-24(33)30(25(34)29-21)15-23(32)28-19-9-7-18(27)8-10-19/h6-14H,5,15H2,1-4H3,(H,28,32)(H,29,34)/b21-13+. The van der Waals surface area contributed by atoms with Crippen molar-refractivity contribution < 1.29 is 14.4 Å². The molecule has 0 atom stereocenters. The first kappa shape index (κ1) is 23.6. The second kappa shape index (κ2) is 8.99. The van der Waals surface area contributed by atoms with Gasteiger partial charge in [-0.1, -0.05) is 23.7 Å². The van der Waals surface area contributed by atoms with Gasteiger partial charge >= 0.3 is 6.03 Å². The fraction of sp³-hybridized carbons (Fsp3) is 0.269. The Morgan fingerprint density at radius 2 is 1.85 bits per heavy atom. The van der Waals surface area contributed by atoms with Gasteiger partial charge in [0.2, 0.25) is 5.91 Å². The molecule has 2 aromatic rings. The fourth-order valence-electron chi connectivity index (χ4n) is 4.53. The summed E-state index contributed by atoms with van der Waals surface area (Å²) in [6, 6.07) is 11.9. The van der Waals surface area contributed by atoms with Crippen LogP contribution in [0.15, 0.2) is 54.2 Å². The largest absolute Gasteiger partial charge is 0.363 e. The molecule has 1 fully saturated rings. The van der Waals surface area contributed by atoms with Gasteiger partial charge in [-0.25, -0.2) is 9.69 Å². The number of carbonyl (C=O) groups excluding carboxylic acids is 3. The number of anilines is 2. The molecule has 176 valence electrons. The predicted molar refractivity (Wildman–Crippen MR) is 135 cm³/mol. The lowest BCUT2D eigenvalue weighted by Crippen LogP contribution is -2.44. The smallest absolute Gasteiger partial charge is 0.329 e. The highest BCUT2D eigenvalue weighted by Gasteiger charge is 2.35. The Morgan fingerprint density at radius 3 is 2.53 bits per heavy atom. The highest BCUT2D eigenvalue weighted by molar-refractivity contribution is 6.30. The molecule has 7 nitrogen and oxygen atoms in total. The summed E-state index contributed by atoms with van der Waals surface area (Å²) >= 11 is 5.85. The molecule has 0 aliphatic carbocycles. The van der Waals surface area contributed by atoms with Crippen LogP contribution in [0.5, 0.6) is 0 Å². The number of carbonyl (C=O) groups is 3.